The van der Waals surface area contributed by atoms with Crippen LogP contribution in [0.1, 0.15) is 40.2 Å². The normalized spacial score (nSPS) is 14.5. The quantitative estimate of drug-likeness (QED) is 0.347. The molecule has 0 atom stereocenters. The molecule has 36 heavy (non-hydrogen) atoms. The van der Waals surface area contributed by atoms with Crippen LogP contribution in [-0.2, 0) is 13.0 Å². The van der Waals surface area contributed by atoms with Crippen molar-refractivity contribution in [2.24, 2.45) is 0 Å². The van der Waals surface area contributed by atoms with Crippen molar-refractivity contribution in [3.8, 4) is 10.9 Å². The number of rotatable bonds is 8. The number of benzene rings is 3. The van der Waals surface area contributed by atoms with Crippen molar-refractivity contribution in [3.05, 3.63) is 107 Å². The molecular weight excluding hydrogens is 475 g/mol. The molecule has 1 aromatic heterocycles. The van der Waals surface area contributed by atoms with Crippen LogP contribution in [0.25, 0.3) is 0 Å². The Morgan fingerprint density at radius 1 is 0.972 bits per heavy atom. The first-order chi connectivity index (χ1) is 17.6. The maximum absolute atomic E-state index is 13.1. The summed E-state index contributed by atoms with van der Waals surface area (Å²) >= 11 is 1.16. The van der Waals surface area contributed by atoms with Gasteiger partial charge in [-0.2, -0.15) is 9.36 Å². The Labute approximate surface area is 213 Å². The van der Waals surface area contributed by atoms with Gasteiger partial charge < -0.3 is 10.1 Å². The molecule has 0 radical (unpaired) electrons. The highest BCUT2D eigenvalue weighted by atomic mass is 32.1. The third-order valence-corrected chi connectivity index (χ3v) is 6.85. The number of aromatic nitrogens is 2. The van der Waals surface area contributed by atoms with Crippen molar-refractivity contribution >= 4 is 17.4 Å². The monoisotopic (exact) mass is 502 g/mol. The molecule has 1 aliphatic rings. The van der Waals surface area contributed by atoms with Gasteiger partial charge in [0.15, 0.2) is 5.82 Å². The molecular formula is C28H27FN4O2S. The van der Waals surface area contributed by atoms with Gasteiger partial charge >= 0.3 is 0 Å². The highest BCUT2D eigenvalue weighted by Crippen LogP contribution is 2.24. The fourth-order valence-electron chi connectivity index (χ4n) is 4.26. The Balaban J connectivity index is 1.09. The minimum Gasteiger partial charge on any atom is -0.430 e. The largest absolute Gasteiger partial charge is 0.430 e. The topological polar surface area (TPSA) is 67.4 Å². The number of hydrogen-bond donors (Lipinski definition) is 1. The van der Waals surface area contributed by atoms with E-state index in [0.717, 1.165) is 49.6 Å². The van der Waals surface area contributed by atoms with Crippen LogP contribution in [0.2, 0.25) is 0 Å². The molecule has 0 unspecified atom stereocenters. The lowest BCUT2D eigenvalue weighted by molar-refractivity contribution is 0.0909. The third kappa shape index (κ3) is 6.53. The van der Waals surface area contributed by atoms with Gasteiger partial charge in [0.1, 0.15) is 11.6 Å². The first kappa shape index (κ1) is 24.1. The van der Waals surface area contributed by atoms with Crippen LogP contribution in [0.3, 0.4) is 0 Å². The predicted octanol–water partition coefficient (Wildman–Crippen LogP) is 5.45. The smallest absolute Gasteiger partial charge is 0.298 e. The lowest BCUT2D eigenvalue weighted by Gasteiger charge is -2.32. The van der Waals surface area contributed by atoms with Crippen molar-refractivity contribution in [2.45, 2.75) is 31.8 Å². The summed E-state index contributed by atoms with van der Waals surface area (Å²) in [6.07, 6.45) is 2.39. The number of amides is 1. The molecule has 3 aromatic carbocycles. The molecule has 1 amide bonds. The summed E-state index contributed by atoms with van der Waals surface area (Å²) in [5.41, 5.74) is 2.85. The van der Waals surface area contributed by atoms with Crippen molar-refractivity contribution in [2.75, 3.05) is 13.1 Å². The summed E-state index contributed by atoms with van der Waals surface area (Å²) < 4.78 is 23.2. The minimum atomic E-state index is -0.268. The lowest BCUT2D eigenvalue weighted by Crippen LogP contribution is -2.44. The molecule has 1 fully saturated rings. The van der Waals surface area contributed by atoms with Crippen molar-refractivity contribution in [1.82, 2.24) is 19.6 Å². The number of likely N-dealkylation sites (tertiary alicyclic amines) is 1. The Kier molecular flexibility index (Phi) is 7.64. The number of piperidine rings is 1. The van der Waals surface area contributed by atoms with E-state index < -0.39 is 0 Å². The van der Waals surface area contributed by atoms with E-state index in [1.807, 2.05) is 6.07 Å². The average molecular weight is 503 g/mol. The molecule has 4 aromatic rings. The minimum absolute atomic E-state index is 0.0689. The van der Waals surface area contributed by atoms with Gasteiger partial charge in [-0.3, -0.25) is 9.69 Å². The van der Waals surface area contributed by atoms with Crippen molar-refractivity contribution in [3.63, 3.8) is 0 Å². The zero-order valence-electron chi connectivity index (χ0n) is 19.8. The summed E-state index contributed by atoms with van der Waals surface area (Å²) in [7, 11) is 0. The van der Waals surface area contributed by atoms with Crippen LogP contribution < -0.4 is 10.1 Å². The number of hydrogen-bond acceptors (Lipinski definition) is 6. The number of carbonyl (C=O) groups excluding carboxylic acids is 1. The molecule has 184 valence electrons. The Bertz CT molecular complexity index is 1270. The first-order valence-corrected chi connectivity index (χ1v) is 12.8. The van der Waals surface area contributed by atoms with Crippen LogP contribution in [-0.4, -0.2) is 39.3 Å². The fraction of sp³-hybridized carbons (Fsp3) is 0.250. The summed E-state index contributed by atoms with van der Waals surface area (Å²) in [5, 5.41) is 3.59. The van der Waals surface area contributed by atoms with E-state index in [1.54, 1.807) is 36.4 Å². The van der Waals surface area contributed by atoms with E-state index >= 15 is 0 Å². The summed E-state index contributed by atoms with van der Waals surface area (Å²) in [6, 6.07) is 24.0. The highest BCUT2D eigenvalue weighted by Gasteiger charge is 2.21. The van der Waals surface area contributed by atoms with Crippen LogP contribution in [0.4, 0.5) is 4.39 Å². The molecule has 0 spiro atoms. The molecule has 2 heterocycles. The van der Waals surface area contributed by atoms with Gasteiger partial charge in [0.05, 0.1) is 0 Å². The van der Waals surface area contributed by atoms with Crippen LogP contribution in [0, 0.1) is 5.82 Å². The predicted molar refractivity (Wildman–Crippen MR) is 138 cm³/mol. The number of carbonyl (C=O) groups is 1. The van der Waals surface area contributed by atoms with E-state index in [2.05, 4.69) is 43.8 Å². The van der Waals surface area contributed by atoms with Gasteiger partial charge in [-0.1, -0.05) is 42.5 Å². The van der Waals surface area contributed by atoms with Gasteiger partial charge in [-0.15, -0.1) is 0 Å². The van der Waals surface area contributed by atoms with Crippen LogP contribution in [0.5, 0.6) is 10.9 Å². The third-order valence-electron chi connectivity index (χ3n) is 6.22. The molecule has 8 heteroatoms. The highest BCUT2D eigenvalue weighted by molar-refractivity contribution is 7.07. The van der Waals surface area contributed by atoms with E-state index in [0.29, 0.717) is 28.8 Å². The first-order valence-electron chi connectivity index (χ1n) is 12.0. The number of nitrogens with one attached hydrogen (secondary N) is 1. The van der Waals surface area contributed by atoms with Gasteiger partial charge in [-0.05, 0) is 60.4 Å². The van der Waals surface area contributed by atoms with E-state index in [9.17, 15) is 9.18 Å². The van der Waals surface area contributed by atoms with Crippen LogP contribution in [0.15, 0.2) is 78.9 Å². The van der Waals surface area contributed by atoms with Gasteiger partial charge in [0, 0.05) is 49.2 Å². The summed E-state index contributed by atoms with van der Waals surface area (Å²) in [4.78, 5) is 19.6. The summed E-state index contributed by atoms with van der Waals surface area (Å²) in [5.74, 6) is 0.869. The average Bonchev–Trinajstić information content (AvgIpc) is 3.34. The SMILES string of the molecule is O=C(NC1CCN(Cc2ccccc2)CC1)c1ccc(Oc2nc(Cc3ccc(F)cc3)ns2)cc1. The van der Waals surface area contributed by atoms with Crippen LogP contribution >= 0.6 is 11.5 Å². The molecule has 0 saturated carbocycles. The number of halogens is 1. The van der Waals surface area contributed by atoms with Crippen molar-refractivity contribution in [1.29, 1.82) is 0 Å². The second-order valence-electron chi connectivity index (χ2n) is 8.92. The Morgan fingerprint density at radius 3 is 2.42 bits per heavy atom. The van der Waals surface area contributed by atoms with E-state index in [-0.39, 0.29) is 17.8 Å². The van der Waals surface area contributed by atoms with E-state index in [4.69, 9.17) is 4.74 Å². The Morgan fingerprint density at radius 2 is 1.69 bits per heavy atom. The van der Waals surface area contributed by atoms with Gasteiger partial charge in [-0.25, -0.2) is 4.39 Å². The Hall–Kier alpha value is -3.62. The fourth-order valence-corrected chi connectivity index (χ4v) is 4.83. The van der Waals surface area contributed by atoms with Gasteiger partial charge in [0.2, 0.25) is 0 Å². The zero-order chi connectivity index (χ0) is 24.7. The number of ether oxygens (including phenoxy) is 1. The molecule has 0 bridgehead atoms. The van der Waals surface area contributed by atoms with E-state index in [1.165, 1.54) is 17.7 Å². The molecule has 5 rings (SSSR count). The standard InChI is InChI=1S/C28H27FN4O2S/c29-23-10-6-20(7-11-23)18-26-31-28(36-32-26)35-25-12-8-22(9-13-25)27(34)30-24-14-16-33(17-15-24)19-21-4-2-1-3-5-21/h1-13,24H,14-19H2,(H,30,34). The molecule has 6 nitrogen and oxygen atoms in total. The maximum atomic E-state index is 13.1. The summed E-state index contributed by atoms with van der Waals surface area (Å²) in [6.45, 7) is 2.89. The molecule has 1 N–H and O–H groups in total. The number of nitrogens with zero attached hydrogens (tertiary/aromatic N) is 3. The molecule has 1 saturated heterocycles. The second kappa shape index (κ2) is 11.4. The second-order valence-corrected chi connectivity index (χ2v) is 9.63. The molecule has 0 aliphatic carbocycles. The molecule has 1 aliphatic heterocycles. The lowest BCUT2D eigenvalue weighted by atomic mass is 10.0. The zero-order valence-corrected chi connectivity index (χ0v) is 20.6. The van der Waals surface area contributed by atoms with Crippen molar-refractivity contribution < 1.29 is 13.9 Å². The van der Waals surface area contributed by atoms with Gasteiger partial charge in [0.25, 0.3) is 11.1 Å². The maximum Gasteiger partial charge on any atom is 0.298 e.